The Morgan fingerprint density at radius 3 is 2.56 bits per heavy atom. The molecule has 0 spiro atoms. The van der Waals surface area contributed by atoms with Crippen LogP contribution in [0.25, 0.3) is 11.0 Å². The van der Waals surface area contributed by atoms with Crippen LogP contribution in [-0.2, 0) is 4.79 Å². The maximum atomic E-state index is 13.6. The third-order valence-corrected chi connectivity index (χ3v) is 5.82. The Bertz CT molecular complexity index is 1240. The van der Waals surface area contributed by atoms with Crippen molar-refractivity contribution in [3.8, 4) is 11.5 Å². The molecule has 0 saturated carbocycles. The number of aliphatic hydroxyl groups is 1. The minimum Gasteiger partial charge on any atom is -0.503 e. The number of fused-ring (bicyclic) bond motifs is 1. The second-order valence-electron chi connectivity index (χ2n) is 8.57. The average Bonchev–Trinajstić information content (AvgIpc) is 3.37. The average molecular weight is 464 g/mol. The molecule has 1 amide bonds. The van der Waals surface area contributed by atoms with Gasteiger partial charge in [0.2, 0.25) is 5.78 Å². The Hall–Kier alpha value is -3.74. The fourth-order valence-corrected chi connectivity index (χ4v) is 4.23. The molecular formula is C27H29NO6. The highest BCUT2D eigenvalue weighted by Gasteiger charge is 2.44. The van der Waals surface area contributed by atoms with Crippen molar-refractivity contribution < 1.29 is 28.6 Å². The summed E-state index contributed by atoms with van der Waals surface area (Å²) in [6.45, 7) is 6.32. The molecule has 34 heavy (non-hydrogen) atoms. The van der Waals surface area contributed by atoms with Crippen LogP contribution in [0.2, 0.25) is 0 Å². The maximum absolute atomic E-state index is 13.6. The van der Waals surface area contributed by atoms with E-state index in [4.69, 9.17) is 13.9 Å². The van der Waals surface area contributed by atoms with Crippen LogP contribution in [0.1, 0.15) is 55.8 Å². The van der Waals surface area contributed by atoms with Gasteiger partial charge in [-0.2, -0.15) is 0 Å². The van der Waals surface area contributed by atoms with Crippen molar-refractivity contribution in [2.45, 2.75) is 45.8 Å². The number of nitrogens with zero attached hydrogens (tertiary/aromatic N) is 1. The zero-order valence-corrected chi connectivity index (χ0v) is 19.8. The molecule has 2 aromatic carbocycles. The quantitative estimate of drug-likeness (QED) is 0.415. The van der Waals surface area contributed by atoms with Crippen LogP contribution in [0.5, 0.6) is 11.5 Å². The van der Waals surface area contributed by atoms with E-state index in [1.54, 1.807) is 35.2 Å². The lowest BCUT2D eigenvalue weighted by molar-refractivity contribution is -0.129. The second-order valence-corrected chi connectivity index (χ2v) is 8.57. The predicted molar refractivity (Wildman–Crippen MR) is 128 cm³/mol. The maximum Gasteiger partial charge on any atom is 0.290 e. The molecular weight excluding hydrogens is 434 g/mol. The molecule has 1 unspecified atom stereocenters. The number of methoxy groups -OCH3 is 1. The van der Waals surface area contributed by atoms with Crippen molar-refractivity contribution in [1.29, 1.82) is 0 Å². The monoisotopic (exact) mass is 463 g/mol. The molecule has 3 aromatic rings. The minimum atomic E-state index is -0.727. The lowest BCUT2D eigenvalue weighted by Gasteiger charge is -2.26. The first-order valence-corrected chi connectivity index (χ1v) is 11.5. The Labute approximate surface area is 198 Å². The molecule has 1 aromatic heterocycles. The number of furan rings is 1. The summed E-state index contributed by atoms with van der Waals surface area (Å²) in [5.74, 6) is -0.404. The number of carbonyl (C=O) groups is 2. The van der Waals surface area contributed by atoms with Gasteiger partial charge in [-0.1, -0.05) is 37.6 Å². The van der Waals surface area contributed by atoms with Crippen molar-refractivity contribution in [3.63, 3.8) is 0 Å². The van der Waals surface area contributed by atoms with E-state index in [1.807, 2.05) is 39.0 Å². The van der Waals surface area contributed by atoms with Gasteiger partial charge in [0.1, 0.15) is 5.75 Å². The van der Waals surface area contributed by atoms with Crippen molar-refractivity contribution in [1.82, 2.24) is 4.90 Å². The number of rotatable bonds is 9. The number of ketones is 1. The van der Waals surface area contributed by atoms with E-state index in [1.165, 1.54) is 7.11 Å². The number of para-hydroxylation sites is 1. The Morgan fingerprint density at radius 2 is 1.91 bits per heavy atom. The van der Waals surface area contributed by atoms with Crippen molar-refractivity contribution in [2.24, 2.45) is 0 Å². The Balaban J connectivity index is 1.76. The number of ether oxygens (including phenoxy) is 2. The van der Waals surface area contributed by atoms with Gasteiger partial charge in [0.15, 0.2) is 22.9 Å². The first kappa shape index (κ1) is 23.4. The highest BCUT2D eigenvalue weighted by atomic mass is 16.5. The van der Waals surface area contributed by atoms with E-state index in [2.05, 4.69) is 0 Å². The number of aliphatic hydroxyl groups excluding tert-OH is 1. The summed E-state index contributed by atoms with van der Waals surface area (Å²) in [5.41, 5.74) is 1.16. The first-order valence-electron chi connectivity index (χ1n) is 11.5. The van der Waals surface area contributed by atoms with Crippen molar-refractivity contribution >= 4 is 22.7 Å². The number of hydrogen-bond acceptors (Lipinski definition) is 6. The van der Waals surface area contributed by atoms with E-state index >= 15 is 0 Å². The Morgan fingerprint density at radius 1 is 1.18 bits per heavy atom. The largest absolute Gasteiger partial charge is 0.503 e. The van der Waals surface area contributed by atoms with Crippen molar-refractivity contribution in [3.05, 3.63) is 71.2 Å². The van der Waals surface area contributed by atoms with Gasteiger partial charge >= 0.3 is 0 Å². The van der Waals surface area contributed by atoms with Crippen molar-refractivity contribution in [2.75, 3.05) is 13.7 Å². The summed E-state index contributed by atoms with van der Waals surface area (Å²) in [6.07, 6.45) is 1.63. The number of benzene rings is 2. The number of Topliss-reactive ketones (excluding diaryl/α,β-unsaturated/α-hetero) is 1. The molecule has 0 aliphatic carbocycles. The topological polar surface area (TPSA) is 89.2 Å². The highest BCUT2D eigenvalue weighted by Crippen LogP contribution is 2.40. The van der Waals surface area contributed by atoms with E-state index in [0.717, 1.165) is 12.8 Å². The van der Waals surface area contributed by atoms with E-state index in [9.17, 15) is 14.7 Å². The van der Waals surface area contributed by atoms with E-state index in [0.29, 0.717) is 34.6 Å². The number of amides is 1. The number of carbonyl (C=O) groups excluding carboxylic acids is 2. The summed E-state index contributed by atoms with van der Waals surface area (Å²) >= 11 is 0. The Kier molecular flexibility index (Phi) is 6.63. The van der Waals surface area contributed by atoms with Gasteiger partial charge in [-0.25, -0.2) is 0 Å². The second kappa shape index (κ2) is 9.63. The van der Waals surface area contributed by atoms with Gasteiger partial charge < -0.3 is 23.9 Å². The molecule has 7 heteroatoms. The number of hydrogen-bond donors (Lipinski definition) is 1. The summed E-state index contributed by atoms with van der Waals surface area (Å²) in [6, 6.07) is 13.5. The molecule has 1 aliphatic heterocycles. The zero-order valence-electron chi connectivity index (χ0n) is 19.8. The zero-order chi connectivity index (χ0) is 24.4. The van der Waals surface area contributed by atoms with E-state index < -0.39 is 23.5 Å². The molecule has 1 aliphatic rings. The third kappa shape index (κ3) is 4.25. The van der Waals surface area contributed by atoms with Gasteiger partial charge in [0.25, 0.3) is 5.91 Å². The van der Waals surface area contributed by atoms with Crippen LogP contribution in [0.15, 0.2) is 64.3 Å². The fraction of sp³-hybridized carbons (Fsp3) is 0.333. The number of unbranched alkanes of at least 4 members (excludes halogenated alkanes) is 1. The summed E-state index contributed by atoms with van der Waals surface area (Å²) in [7, 11) is 1.52. The van der Waals surface area contributed by atoms with Gasteiger partial charge in [0, 0.05) is 11.9 Å². The molecule has 0 bridgehead atoms. The fourth-order valence-electron chi connectivity index (χ4n) is 4.23. The molecule has 0 radical (unpaired) electrons. The summed E-state index contributed by atoms with van der Waals surface area (Å²) in [4.78, 5) is 28.2. The molecule has 1 atom stereocenters. The third-order valence-electron chi connectivity index (χ3n) is 5.82. The van der Waals surface area contributed by atoms with Gasteiger partial charge in [-0.3, -0.25) is 9.59 Å². The van der Waals surface area contributed by atoms with Gasteiger partial charge in [0.05, 0.1) is 24.8 Å². The van der Waals surface area contributed by atoms with Crippen LogP contribution in [0.4, 0.5) is 0 Å². The highest BCUT2D eigenvalue weighted by molar-refractivity contribution is 6.16. The van der Waals surface area contributed by atoms with Gasteiger partial charge in [-0.05, 0) is 50.1 Å². The summed E-state index contributed by atoms with van der Waals surface area (Å²) < 4.78 is 16.9. The molecule has 0 saturated heterocycles. The van der Waals surface area contributed by atoms with E-state index in [-0.39, 0.29) is 17.4 Å². The molecule has 0 fully saturated rings. The van der Waals surface area contributed by atoms with Gasteiger partial charge in [-0.15, -0.1) is 0 Å². The predicted octanol–water partition coefficient (Wildman–Crippen LogP) is 5.61. The van der Waals surface area contributed by atoms with Crippen LogP contribution in [0, 0.1) is 0 Å². The first-order chi connectivity index (χ1) is 16.3. The van der Waals surface area contributed by atoms with Crippen LogP contribution in [-0.4, -0.2) is 41.5 Å². The lowest BCUT2D eigenvalue weighted by atomic mass is 9.95. The molecule has 1 N–H and O–H groups in total. The molecule has 2 heterocycles. The smallest absolute Gasteiger partial charge is 0.290 e. The normalized spacial score (nSPS) is 16.1. The van der Waals surface area contributed by atoms with Crippen LogP contribution < -0.4 is 9.47 Å². The standard InChI is InChI=1S/C27H29NO6/c1-5-6-14-28-23(17-10-12-19(13-11-17)33-16(2)3)22(25(30)27(28)31)24(29)21-15-18-8-7-9-20(32-4)26(18)34-21/h7-13,15-16,23,30H,5-6,14H2,1-4H3. The van der Waals surface area contributed by atoms with Crippen LogP contribution >= 0.6 is 0 Å². The SMILES string of the molecule is CCCCN1C(=O)C(O)=C(C(=O)c2cc3cccc(OC)c3o2)C1c1ccc(OC(C)C)cc1. The molecule has 4 rings (SSSR count). The molecule has 7 nitrogen and oxygen atoms in total. The minimum absolute atomic E-state index is 0.0108. The summed E-state index contributed by atoms with van der Waals surface area (Å²) in [5, 5.41) is 11.5. The van der Waals surface area contributed by atoms with Crippen LogP contribution in [0.3, 0.4) is 0 Å². The molecule has 178 valence electrons. The lowest BCUT2D eigenvalue weighted by Crippen LogP contribution is -2.32.